The number of carbonyl (C=O) groups excluding carboxylic acids is 1. The number of carbonyl (C=O) groups is 1. The van der Waals surface area contributed by atoms with Gasteiger partial charge < -0.3 is 10.1 Å². The molecule has 0 spiro atoms. The second kappa shape index (κ2) is 5.43. The summed E-state index contributed by atoms with van der Waals surface area (Å²) in [6.07, 6.45) is 3.84. The maximum Gasteiger partial charge on any atom is 0.228 e. The van der Waals surface area contributed by atoms with Crippen LogP contribution >= 0.6 is 0 Å². The van der Waals surface area contributed by atoms with E-state index in [-0.39, 0.29) is 11.8 Å². The van der Waals surface area contributed by atoms with Crippen LogP contribution in [0.25, 0.3) is 16.9 Å². The zero-order valence-corrected chi connectivity index (χ0v) is 12.8. The predicted molar refractivity (Wildman–Crippen MR) is 88.5 cm³/mol. The van der Waals surface area contributed by atoms with Crippen LogP contribution in [0.4, 0.5) is 5.82 Å². The lowest BCUT2D eigenvalue weighted by Gasteiger charge is -2.06. The molecule has 0 bridgehead atoms. The second-order valence-electron chi connectivity index (χ2n) is 5.76. The number of aromatic nitrogens is 2. The van der Waals surface area contributed by atoms with Gasteiger partial charge in [-0.15, -0.1) is 0 Å². The van der Waals surface area contributed by atoms with Crippen LogP contribution in [0.3, 0.4) is 0 Å². The number of benzene rings is 1. The maximum atomic E-state index is 11.9. The number of methoxy groups -OCH3 is 1. The van der Waals surface area contributed by atoms with E-state index >= 15 is 0 Å². The Morgan fingerprint density at radius 3 is 2.70 bits per heavy atom. The van der Waals surface area contributed by atoms with Gasteiger partial charge in [0, 0.05) is 5.92 Å². The molecule has 2 heterocycles. The van der Waals surface area contributed by atoms with Gasteiger partial charge in [0.1, 0.15) is 11.4 Å². The smallest absolute Gasteiger partial charge is 0.228 e. The van der Waals surface area contributed by atoms with E-state index in [1.807, 2.05) is 53.1 Å². The lowest BCUT2D eigenvalue weighted by Crippen LogP contribution is -2.13. The zero-order valence-electron chi connectivity index (χ0n) is 12.8. The Kier molecular flexibility index (Phi) is 3.26. The Hall–Kier alpha value is -2.82. The van der Waals surface area contributed by atoms with Crippen molar-refractivity contribution >= 4 is 17.4 Å². The lowest BCUT2D eigenvalue weighted by molar-refractivity contribution is -0.117. The number of hydrogen-bond donors (Lipinski definition) is 1. The van der Waals surface area contributed by atoms with Crippen molar-refractivity contribution in [3.05, 3.63) is 48.7 Å². The minimum absolute atomic E-state index is 0.0689. The van der Waals surface area contributed by atoms with Crippen molar-refractivity contribution < 1.29 is 9.53 Å². The van der Waals surface area contributed by atoms with Gasteiger partial charge in [0.2, 0.25) is 5.91 Å². The topological polar surface area (TPSA) is 55.6 Å². The number of rotatable bonds is 4. The van der Waals surface area contributed by atoms with E-state index in [2.05, 4.69) is 10.3 Å². The molecule has 1 saturated carbocycles. The highest BCUT2D eigenvalue weighted by Gasteiger charge is 2.30. The molecular formula is C18H17N3O2. The van der Waals surface area contributed by atoms with E-state index in [0.29, 0.717) is 5.82 Å². The van der Waals surface area contributed by atoms with E-state index in [9.17, 15) is 4.79 Å². The van der Waals surface area contributed by atoms with Crippen molar-refractivity contribution in [2.24, 2.45) is 5.92 Å². The third kappa shape index (κ3) is 2.65. The van der Waals surface area contributed by atoms with Crippen LogP contribution in [0.1, 0.15) is 12.8 Å². The molecule has 1 N–H and O–H groups in total. The Bertz CT molecular complexity index is 864. The van der Waals surface area contributed by atoms with Crippen LogP contribution in [0.2, 0.25) is 0 Å². The molecule has 4 rings (SSSR count). The van der Waals surface area contributed by atoms with E-state index < -0.39 is 0 Å². The SMILES string of the molecule is COc1ccc(-c2cccc3nc(NC(=O)C4CC4)cn23)cc1. The molecule has 116 valence electrons. The largest absolute Gasteiger partial charge is 0.497 e. The Morgan fingerprint density at radius 2 is 2.00 bits per heavy atom. The van der Waals surface area contributed by atoms with Crippen molar-refractivity contribution in [1.29, 1.82) is 0 Å². The van der Waals surface area contributed by atoms with Gasteiger partial charge in [-0.05, 0) is 54.8 Å². The molecule has 1 fully saturated rings. The first-order valence-electron chi connectivity index (χ1n) is 7.68. The first kappa shape index (κ1) is 13.8. The summed E-state index contributed by atoms with van der Waals surface area (Å²) < 4.78 is 7.19. The highest BCUT2D eigenvalue weighted by molar-refractivity contribution is 5.93. The summed E-state index contributed by atoms with van der Waals surface area (Å²) in [5.74, 6) is 1.66. The quantitative estimate of drug-likeness (QED) is 0.804. The summed E-state index contributed by atoms with van der Waals surface area (Å²) in [4.78, 5) is 16.4. The standard InChI is InChI=1S/C18H17N3O2/c1-23-14-9-7-12(8-10-14)15-3-2-4-17-19-16(11-21(15)17)20-18(22)13-5-6-13/h2-4,7-11,13H,5-6H2,1H3,(H,20,22). The van der Waals surface area contributed by atoms with Gasteiger partial charge in [-0.3, -0.25) is 9.20 Å². The van der Waals surface area contributed by atoms with Gasteiger partial charge in [0.25, 0.3) is 0 Å². The molecule has 1 aromatic carbocycles. The summed E-state index contributed by atoms with van der Waals surface area (Å²) in [6.45, 7) is 0. The lowest BCUT2D eigenvalue weighted by atomic mass is 10.1. The van der Waals surface area contributed by atoms with Crippen LogP contribution in [0.15, 0.2) is 48.7 Å². The zero-order chi connectivity index (χ0) is 15.8. The summed E-state index contributed by atoms with van der Waals surface area (Å²) in [7, 11) is 1.65. The molecule has 5 nitrogen and oxygen atoms in total. The predicted octanol–water partition coefficient (Wildman–Crippen LogP) is 3.36. The number of ether oxygens (including phenoxy) is 1. The highest BCUT2D eigenvalue weighted by Crippen LogP contribution is 2.30. The first-order chi connectivity index (χ1) is 11.2. The average Bonchev–Trinajstić information content (AvgIpc) is 3.35. The number of amides is 1. The molecule has 2 aromatic heterocycles. The molecule has 0 atom stereocenters. The number of hydrogen-bond acceptors (Lipinski definition) is 3. The number of nitrogens with zero attached hydrogens (tertiary/aromatic N) is 2. The fourth-order valence-corrected chi connectivity index (χ4v) is 2.64. The monoisotopic (exact) mass is 307 g/mol. The first-order valence-corrected chi connectivity index (χ1v) is 7.68. The fourth-order valence-electron chi connectivity index (χ4n) is 2.64. The van der Waals surface area contributed by atoms with E-state index in [4.69, 9.17) is 4.74 Å². The van der Waals surface area contributed by atoms with Crippen molar-refractivity contribution in [2.45, 2.75) is 12.8 Å². The minimum atomic E-state index is 0.0689. The van der Waals surface area contributed by atoms with Crippen molar-refractivity contribution in [3.63, 3.8) is 0 Å². The number of anilines is 1. The highest BCUT2D eigenvalue weighted by atomic mass is 16.5. The number of nitrogens with one attached hydrogen (secondary N) is 1. The number of fused-ring (bicyclic) bond motifs is 1. The molecule has 3 aromatic rings. The molecular weight excluding hydrogens is 290 g/mol. The van der Waals surface area contributed by atoms with Gasteiger partial charge in [-0.25, -0.2) is 4.98 Å². The molecule has 1 aliphatic carbocycles. The second-order valence-corrected chi connectivity index (χ2v) is 5.76. The summed E-state index contributed by atoms with van der Waals surface area (Å²) >= 11 is 0. The Labute approximate surface area is 133 Å². The maximum absolute atomic E-state index is 11.9. The number of pyridine rings is 1. The van der Waals surface area contributed by atoms with Crippen LogP contribution in [0, 0.1) is 5.92 Å². The molecule has 0 aliphatic heterocycles. The summed E-state index contributed by atoms with van der Waals surface area (Å²) in [5, 5.41) is 2.90. The molecule has 1 aliphatic rings. The van der Waals surface area contributed by atoms with Gasteiger partial charge in [0.15, 0.2) is 5.82 Å². The van der Waals surface area contributed by atoms with Gasteiger partial charge in [-0.1, -0.05) is 6.07 Å². The average molecular weight is 307 g/mol. The van der Waals surface area contributed by atoms with Crippen molar-refractivity contribution in [3.8, 4) is 17.0 Å². The summed E-state index contributed by atoms with van der Waals surface area (Å²) in [6, 6.07) is 13.8. The molecule has 0 radical (unpaired) electrons. The van der Waals surface area contributed by atoms with Gasteiger partial charge in [0.05, 0.1) is 19.0 Å². The van der Waals surface area contributed by atoms with Crippen LogP contribution in [-0.4, -0.2) is 22.4 Å². The fraction of sp³-hybridized carbons (Fsp3) is 0.222. The van der Waals surface area contributed by atoms with E-state index in [1.54, 1.807) is 7.11 Å². The molecule has 0 saturated heterocycles. The third-order valence-corrected chi connectivity index (χ3v) is 4.08. The Morgan fingerprint density at radius 1 is 1.22 bits per heavy atom. The molecule has 1 amide bonds. The van der Waals surface area contributed by atoms with Crippen LogP contribution in [-0.2, 0) is 4.79 Å². The molecule has 0 unspecified atom stereocenters. The van der Waals surface area contributed by atoms with Crippen LogP contribution < -0.4 is 10.1 Å². The normalized spacial score (nSPS) is 14.0. The van der Waals surface area contributed by atoms with Crippen molar-refractivity contribution in [2.75, 3.05) is 12.4 Å². The minimum Gasteiger partial charge on any atom is -0.497 e. The summed E-state index contributed by atoms with van der Waals surface area (Å²) in [5.41, 5.74) is 2.89. The number of imidazole rings is 1. The van der Waals surface area contributed by atoms with Crippen LogP contribution in [0.5, 0.6) is 5.75 Å². The molecule has 5 heteroatoms. The molecule has 23 heavy (non-hydrogen) atoms. The van der Waals surface area contributed by atoms with Crippen molar-refractivity contribution in [1.82, 2.24) is 9.38 Å². The van der Waals surface area contributed by atoms with Gasteiger partial charge in [-0.2, -0.15) is 0 Å². The van der Waals surface area contributed by atoms with E-state index in [0.717, 1.165) is 35.5 Å². The van der Waals surface area contributed by atoms with Gasteiger partial charge >= 0.3 is 0 Å². The Balaban J connectivity index is 1.71. The third-order valence-electron chi connectivity index (χ3n) is 4.08. The van der Waals surface area contributed by atoms with E-state index in [1.165, 1.54) is 0 Å².